The fourth-order valence-electron chi connectivity index (χ4n) is 3.76. The summed E-state index contributed by atoms with van der Waals surface area (Å²) in [5.74, 6) is -14.6. The zero-order valence-electron chi connectivity index (χ0n) is 17.4. The van der Waals surface area contributed by atoms with Crippen LogP contribution in [0.4, 0.5) is 26.3 Å². The van der Waals surface area contributed by atoms with Crippen molar-refractivity contribution in [1.82, 2.24) is 4.73 Å². The maximum atomic E-state index is 15.1. The zero-order valence-corrected chi connectivity index (χ0v) is 17.4. The van der Waals surface area contributed by atoms with Crippen molar-refractivity contribution in [2.24, 2.45) is 16.6 Å². The second-order valence-electron chi connectivity index (χ2n) is 7.41. The molecule has 1 fully saturated rings. The van der Waals surface area contributed by atoms with Crippen LogP contribution >= 0.6 is 0 Å². The molecule has 2 aromatic rings. The maximum Gasteiger partial charge on any atom is 0.448 e. The molecule has 3 rings (SSSR count). The molecule has 3 N–H and O–H groups in total. The van der Waals surface area contributed by atoms with Crippen molar-refractivity contribution >= 4 is 11.8 Å². The molecular weight excluding hydrogens is 476 g/mol. The van der Waals surface area contributed by atoms with E-state index in [-0.39, 0.29) is 5.36 Å². The van der Waals surface area contributed by atoms with Crippen LogP contribution in [-0.4, -0.2) is 47.0 Å². The molecule has 4 atom stereocenters. The fourth-order valence-corrected chi connectivity index (χ4v) is 3.76. The Balaban J connectivity index is 2.18. The summed E-state index contributed by atoms with van der Waals surface area (Å²) in [6, 6.07) is 3.29. The lowest BCUT2D eigenvalue weighted by molar-refractivity contribution is -0.334. The van der Waals surface area contributed by atoms with Gasteiger partial charge in [-0.05, 0) is 18.2 Å². The van der Waals surface area contributed by atoms with Gasteiger partial charge in [-0.15, -0.1) is 0 Å². The van der Waals surface area contributed by atoms with Crippen LogP contribution in [0.2, 0.25) is 0 Å². The number of primary amides is 1. The smallest absolute Gasteiger partial charge is 0.448 e. The van der Waals surface area contributed by atoms with Gasteiger partial charge in [-0.2, -0.15) is 22.3 Å². The number of nitrogens with two attached hydrogens (primary N) is 1. The number of alkyl halides is 4. The second-order valence-corrected chi connectivity index (χ2v) is 7.41. The van der Waals surface area contributed by atoms with Gasteiger partial charge in [-0.3, -0.25) is 9.59 Å². The van der Waals surface area contributed by atoms with Crippen molar-refractivity contribution in [3.8, 4) is 5.75 Å². The number of aromatic nitrogens is 1. The molecule has 34 heavy (non-hydrogen) atoms. The monoisotopic (exact) mass is 493 g/mol. The van der Waals surface area contributed by atoms with Crippen molar-refractivity contribution in [1.29, 1.82) is 0 Å². The van der Waals surface area contributed by atoms with Crippen LogP contribution in [0.5, 0.6) is 5.75 Å². The van der Waals surface area contributed by atoms with Crippen LogP contribution in [0.1, 0.15) is 28.9 Å². The summed E-state index contributed by atoms with van der Waals surface area (Å²) in [5, 5.41) is 9.22. The summed E-state index contributed by atoms with van der Waals surface area (Å²) in [5.41, 5.74) is 4.09. The van der Waals surface area contributed by atoms with Crippen LogP contribution in [0.3, 0.4) is 0 Å². The van der Waals surface area contributed by atoms with Crippen molar-refractivity contribution in [3.05, 3.63) is 58.7 Å². The van der Waals surface area contributed by atoms with E-state index in [4.69, 9.17) is 10.5 Å². The lowest BCUT2D eigenvalue weighted by atomic mass is 9.81. The van der Waals surface area contributed by atoms with Crippen LogP contribution in [-0.2, 0) is 9.53 Å². The average Bonchev–Trinajstić information content (AvgIpc) is 3.03. The number of hydrogen-bond donors (Lipinski definition) is 2. The molecule has 1 saturated heterocycles. The second kappa shape index (κ2) is 8.66. The van der Waals surface area contributed by atoms with E-state index in [0.717, 1.165) is 38.4 Å². The third-order valence-electron chi connectivity index (χ3n) is 5.43. The maximum absolute atomic E-state index is 15.1. The lowest BCUT2D eigenvalue weighted by Gasteiger charge is -2.27. The molecule has 1 aliphatic heterocycles. The topological polar surface area (TPSA) is 116 Å². The Morgan fingerprint density at radius 3 is 2.47 bits per heavy atom. The van der Waals surface area contributed by atoms with E-state index >= 15 is 4.39 Å². The molecule has 14 heteroatoms. The molecule has 1 aromatic heterocycles. The molecule has 0 spiro atoms. The van der Waals surface area contributed by atoms with Gasteiger partial charge in [0.25, 0.3) is 11.8 Å². The number of halogens is 6. The summed E-state index contributed by atoms with van der Waals surface area (Å²) < 4.78 is 93.4. The highest BCUT2D eigenvalue weighted by atomic mass is 19.4. The van der Waals surface area contributed by atoms with Crippen LogP contribution < -0.4 is 15.8 Å². The SMILES string of the molecule is COc1c([C@@H]2[C@H](C(=O)N=c3ccn(O)c(C(N)=O)c3)O[C@](F)(C(F)(F)F)[C@H]2C)ccc(F)c1F. The number of amides is 2. The first-order valence-electron chi connectivity index (χ1n) is 9.48. The molecule has 184 valence electrons. The van der Waals surface area contributed by atoms with Gasteiger partial charge in [0.1, 0.15) is 11.8 Å². The summed E-state index contributed by atoms with van der Waals surface area (Å²) in [4.78, 5) is 27.8. The standard InChI is InChI=1S/C20H17F6N3O5/c1-8-13(10-3-4-11(21)14(22)15(10)33-2)16(34-19(8,23)20(24,25)26)18(31)28-9-5-6-29(32)12(7-9)17(27)30/h3-8,13,16,32H,1-2H3,(H2,27,30)/t8-,13+,16+,19-/m0/s1. The van der Waals surface area contributed by atoms with E-state index in [9.17, 15) is 36.7 Å². The highest BCUT2D eigenvalue weighted by Gasteiger charge is 2.70. The van der Waals surface area contributed by atoms with Crippen molar-refractivity contribution in [2.75, 3.05) is 7.11 Å². The number of hydrogen-bond acceptors (Lipinski definition) is 5. The Morgan fingerprint density at radius 1 is 1.26 bits per heavy atom. The third kappa shape index (κ3) is 4.08. The first-order chi connectivity index (χ1) is 15.7. The van der Waals surface area contributed by atoms with Gasteiger partial charge in [0.15, 0.2) is 11.6 Å². The van der Waals surface area contributed by atoms with Crippen LogP contribution in [0, 0.1) is 17.6 Å². The molecule has 8 nitrogen and oxygen atoms in total. The molecule has 0 unspecified atom stereocenters. The van der Waals surface area contributed by atoms with E-state index in [0.29, 0.717) is 10.8 Å². The van der Waals surface area contributed by atoms with E-state index in [2.05, 4.69) is 9.73 Å². The first-order valence-corrected chi connectivity index (χ1v) is 9.48. The fraction of sp³-hybridized carbons (Fsp3) is 0.350. The molecule has 0 radical (unpaired) electrons. The van der Waals surface area contributed by atoms with Gasteiger partial charge >= 0.3 is 12.0 Å². The Kier molecular flexibility index (Phi) is 6.39. The first kappa shape index (κ1) is 25.1. The molecular formula is C20H17F6N3O5. The Hall–Kier alpha value is -3.55. The predicted molar refractivity (Wildman–Crippen MR) is 100 cm³/mol. The summed E-state index contributed by atoms with van der Waals surface area (Å²) in [6.45, 7) is 0.786. The lowest BCUT2D eigenvalue weighted by Crippen LogP contribution is -2.45. The van der Waals surface area contributed by atoms with Gasteiger partial charge in [0.2, 0.25) is 5.82 Å². The molecule has 0 saturated carbocycles. The predicted octanol–water partition coefficient (Wildman–Crippen LogP) is 2.59. The van der Waals surface area contributed by atoms with E-state index in [1.807, 2.05) is 0 Å². The van der Waals surface area contributed by atoms with E-state index in [1.165, 1.54) is 0 Å². The number of benzene rings is 1. The minimum atomic E-state index is -5.60. The molecule has 1 aliphatic rings. The molecule has 0 aliphatic carbocycles. The van der Waals surface area contributed by atoms with Crippen molar-refractivity contribution in [3.63, 3.8) is 0 Å². The molecule has 0 bridgehead atoms. The zero-order chi connectivity index (χ0) is 25.6. The minimum Gasteiger partial charge on any atom is -0.493 e. The number of pyridine rings is 1. The van der Waals surface area contributed by atoms with E-state index in [1.54, 1.807) is 0 Å². The van der Waals surface area contributed by atoms with Gasteiger partial charge in [-0.1, -0.05) is 13.0 Å². The van der Waals surface area contributed by atoms with Gasteiger partial charge in [-0.25, -0.2) is 13.8 Å². The van der Waals surface area contributed by atoms with Gasteiger partial charge in [0, 0.05) is 23.6 Å². The van der Waals surface area contributed by atoms with Crippen molar-refractivity contribution < 1.29 is 50.6 Å². The molecule has 2 amide bonds. The van der Waals surface area contributed by atoms with Crippen LogP contribution in [0.15, 0.2) is 35.5 Å². The van der Waals surface area contributed by atoms with Gasteiger partial charge in [0.05, 0.1) is 12.5 Å². The average molecular weight is 493 g/mol. The van der Waals surface area contributed by atoms with E-state index < -0.39 is 70.4 Å². The number of methoxy groups -OCH3 is 1. The summed E-state index contributed by atoms with van der Waals surface area (Å²) in [7, 11) is 0.912. The highest BCUT2D eigenvalue weighted by molar-refractivity contribution is 5.91. The highest BCUT2D eigenvalue weighted by Crippen LogP contribution is 2.55. The van der Waals surface area contributed by atoms with Crippen LogP contribution in [0.25, 0.3) is 0 Å². The quantitative estimate of drug-likeness (QED) is 0.502. The molecule has 1 aromatic carbocycles. The summed E-state index contributed by atoms with van der Waals surface area (Å²) in [6.07, 6.45) is -6.98. The van der Waals surface area contributed by atoms with Crippen molar-refractivity contribution in [2.45, 2.75) is 31.0 Å². The summed E-state index contributed by atoms with van der Waals surface area (Å²) >= 11 is 0. The minimum absolute atomic E-state index is 0.311. The normalized spacial score (nSPS) is 25.4. The Bertz CT molecular complexity index is 1210. The number of carbonyl (C=O) groups is 2. The Morgan fingerprint density at radius 2 is 1.91 bits per heavy atom. The van der Waals surface area contributed by atoms with Gasteiger partial charge < -0.3 is 20.4 Å². The third-order valence-corrected chi connectivity index (χ3v) is 5.43. The largest absolute Gasteiger partial charge is 0.493 e. The Labute approximate surface area is 187 Å². The number of rotatable bonds is 4. The number of nitrogens with zero attached hydrogens (tertiary/aromatic N) is 2. The molecule has 2 heterocycles. The number of ether oxygens (including phenoxy) is 2. The number of carbonyl (C=O) groups excluding carboxylic acids is 2.